The molecule has 0 spiro atoms. The molecule has 142 valence electrons. The molecule has 0 radical (unpaired) electrons. The molecule has 2 aromatic carbocycles. The highest BCUT2D eigenvalue weighted by molar-refractivity contribution is 6.33. The topological polar surface area (TPSA) is 98.5 Å². The monoisotopic (exact) mass is 390 g/mol. The van der Waals surface area contributed by atoms with Crippen LogP contribution in [0.2, 0.25) is 5.02 Å². The van der Waals surface area contributed by atoms with Gasteiger partial charge in [0.1, 0.15) is 0 Å². The molecule has 0 saturated carbocycles. The van der Waals surface area contributed by atoms with Crippen LogP contribution in [-0.2, 0) is 9.53 Å². The number of nitrogens with zero attached hydrogens (tertiary/aromatic N) is 1. The van der Waals surface area contributed by atoms with Gasteiger partial charge in [-0.1, -0.05) is 41.9 Å². The van der Waals surface area contributed by atoms with E-state index in [0.717, 1.165) is 0 Å². The lowest BCUT2D eigenvalue weighted by molar-refractivity contribution is -0.385. The molecule has 0 bridgehead atoms. The third-order valence-corrected chi connectivity index (χ3v) is 4.00. The fraction of sp³-hybridized carbons (Fsp3) is 0.263. The SMILES string of the molecule is CC(C)OC(=O)CC(NC(=O)c1ccccc1Cl)c1ccccc1[N+](=O)[O-]. The van der Waals surface area contributed by atoms with Crippen LogP contribution in [0.15, 0.2) is 48.5 Å². The predicted octanol–water partition coefficient (Wildman–Crippen LogP) is 4.06. The van der Waals surface area contributed by atoms with Crippen LogP contribution in [0.1, 0.15) is 42.2 Å². The Hall–Kier alpha value is -2.93. The first-order valence-corrected chi connectivity index (χ1v) is 8.65. The molecule has 0 aromatic heterocycles. The summed E-state index contributed by atoms with van der Waals surface area (Å²) in [6.07, 6.45) is -0.595. The molecule has 1 N–H and O–H groups in total. The minimum absolute atomic E-state index is 0.195. The standard InChI is InChI=1S/C19H19ClN2O5/c1-12(2)27-18(23)11-16(14-8-4-6-10-17(14)22(25)26)21-19(24)13-7-3-5-9-15(13)20/h3-10,12,16H,11H2,1-2H3,(H,21,24). The van der Waals surface area contributed by atoms with Crippen LogP contribution in [0.5, 0.6) is 0 Å². The van der Waals surface area contributed by atoms with Gasteiger partial charge < -0.3 is 10.1 Å². The van der Waals surface area contributed by atoms with Gasteiger partial charge >= 0.3 is 5.97 Å². The smallest absolute Gasteiger partial charge is 0.308 e. The van der Waals surface area contributed by atoms with Crippen LogP contribution < -0.4 is 5.32 Å². The number of rotatable bonds is 7. The lowest BCUT2D eigenvalue weighted by atomic mass is 10.0. The summed E-state index contributed by atoms with van der Waals surface area (Å²) >= 11 is 6.04. The molecule has 0 aliphatic heterocycles. The molecule has 1 unspecified atom stereocenters. The van der Waals surface area contributed by atoms with Gasteiger partial charge in [0.2, 0.25) is 0 Å². The summed E-state index contributed by atoms with van der Waals surface area (Å²) in [4.78, 5) is 35.5. The minimum Gasteiger partial charge on any atom is -0.463 e. The molecule has 1 amide bonds. The predicted molar refractivity (Wildman–Crippen MR) is 101 cm³/mol. The number of hydrogen-bond donors (Lipinski definition) is 1. The summed E-state index contributed by atoms with van der Waals surface area (Å²) in [6.45, 7) is 3.39. The minimum atomic E-state index is -0.943. The van der Waals surface area contributed by atoms with Crippen LogP contribution in [-0.4, -0.2) is 22.9 Å². The number of benzene rings is 2. The van der Waals surface area contributed by atoms with Crippen LogP contribution in [0.3, 0.4) is 0 Å². The lowest BCUT2D eigenvalue weighted by Crippen LogP contribution is -2.31. The number of amides is 1. The Morgan fingerprint density at radius 2 is 1.78 bits per heavy atom. The first-order chi connectivity index (χ1) is 12.8. The van der Waals surface area contributed by atoms with Crippen molar-refractivity contribution in [2.45, 2.75) is 32.4 Å². The Balaban J connectivity index is 2.36. The van der Waals surface area contributed by atoms with Gasteiger partial charge in [0, 0.05) is 6.07 Å². The first-order valence-electron chi connectivity index (χ1n) is 8.27. The average molecular weight is 391 g/mol. The van der Waals surface area contributed by atoms with Gasteiger partial charge in [0.05, 0.1) is 39.6 Å². The normalized spacial score (nSPS) is 11.7. The van der Waals surface area contributed by atoms with Crippen LogP contribution in [0.4, 0.5) is 5.69 Å². The van der Waals surface area contributed by atoms with Gasteiger partial charge in [-0.15, -0.1) is 0 Å². The maximum atomic E-state index is 12.6. The van der Waals surface area contributed by atoms with Crippen molar-refractivity contribution in [1.82, 2.24) is 5.32 Å². The molecule has 0 fully saturated rings. The zero-order valence-corrected chi connectivity index (χ0v) is 15.6. The Bertz CT molecular complexity index is 853. The van der Waals surface area contributed by atoms with Gasteiger partial charge in [-0.2, -0.15) is 0 Å². The summed E-state index contributed by atoms with van der Waals surface area (Å²) in [5.74, 6) is -1.12. The lowest BCUT2D eigenvalue weighted by Gasteiger charge is -2.19. The van der Waals surface area contributed by atoms with E-state index in [2.05, 4.69) is 5.32 Å². The second kappa shape index (κ2) is 9.14. The molecular weight excluding hydrogens is 372 g/mol. The van der Waals surface area contributed by atoms with Crippen molar-refractivity contribution in [1.29, 1.82) is 0 Å². The van der Waals surface area contributed by atoms with E-state index in [1.807, 2.05) is 0 Å². The van der Waals surface area contributed by atoms with E-state index in [4.69, 9.17) is 16.3 Å². The maximum absolute atomic E-state index is 12.6. The van der Waals surface area contributed by atoms with Crippen LogP contribution >= 0.6 is 11.6 Å². The average Bonchev–Trinajstić information content (AvgIpc) is 2.60. The number of halogens is 1. The van der Waals surface area contributed by atoms with Crippen molar-refractivity contribution in [3.8, 4) is 0 Å². The van der Waals surface area contributed by atoms with Crippen molar-refractivity contribution in [3.63, 3.8) is 0 Å². The Kier molecular flexibility index (Phi) is 6.90. The number of hydrogen-bond acceptors (Lipinski definition) is 5. The highest BCUT2D eigenvalue weighted by Crippen LogP contribution is 2.28. The summed E-state index contributed by atoms with van der Waals surface area (Å²) in [7, 11) is 0. The van der Waals surface area contributed by atoms with Crippen molar-refractivity contribution in [3.05, 3.63) is 74.8 Å². The number of ether oxygens (including phenoxy) is 1. The van der Waals surface area contributed by atoms with Gasteiger partial charge in [-0.25, -0.2) is 0 Å². The molecule has 0 aliphatic rings. The van der Waals surface area contributed by atoms with Crippen molar-refractivity contribution < 1.29 is 19.2 Å². The van der Waals surface area contributed by atoms with E-state index in [9.17, 15) is 19.7 Å². The van der Waals surface area contributed by atoms with E-state index in [1.165, 1.54) is 24.3 Å². The molecule has 7 nitrogen and oxygen atoms in total. The van der Waals surface area contributed by atoms with E-state index in [1.54, 1.807) is 38.1 Å². The fourth-order valence-corrected chi connectivity index (χ4v) is 2.77. The molecule has 1 atom stereocenters. The largest absolute Gasteiger partial charge is 0.463 e. The molecule has 8 heteroatoms. The second-order valence-electron chi connectivity index (χ2n) is 6.06. The summed E-state index contributed by atoms with van der Waals surface area (Å²) in [5, 5.41) is 14.3. The number of esters is 1. The zero-order chi connectivity index (χ0) is 20.0. The third-order valence-electron chi connectivity index (χ3n) is 3.67. The van der Waals surface area contributed by atoms with Gasteiger partial charge in [-0.05, 0) is 26.0 Å². The quantitative estimate of drug-likeness (QED) is 0.436. The van der Waals surface area contributed by atoms with Crippen LogP contribution in [0, 0.1) is 10.1 Å². The molecule has 0 saturated heterocycles. The van der Waals surface area contributed by atoms with Gasteiger partial charge in [-0.3, -0.25) is 19.7 Å². The van der Waals surface area contributed by atoms with Gasteiger partial charge in [0.25, 0.3) is 11.6 Å². The van der Waals surface area contributed by atoms with Gasteiger partial charge in [0.15, 0.2) is 0 Å². The fourth-order valence-electron chi connectivity index (χ4n) is 2.55. The molecule has 2 rings (SSSR count). The number of nitro groups is 1. The number of para-hydroxylation sites is 1. The molecule has 0 heterocycles. The highest BCUT2D eigenvalue weighted by atomic mass is 35.5. The number of carbonyl (C=O) groups excluding carboxylic acids is 2. The van der Waals surface area contributed by atoms with E-state index >= 15 is 0 Å². The summed E-state index contributed by atoms with van der Waals surface area (Å²) in [5.41, 5.74) is 0.225. The number of nitrogens with one attached hydrogen (secondary N) is 1. The molecule has 27 heavy (non-hydrogen) atoms. The first kappa shape index (κ1) is 20.4. The van der Waals surface area contributed by atoms with E-state index < -0.39 is 22.8 Å². The maximum Gasteiger partial charge on any atom is 0.308 e. The number of nitro benzene ring substituents is 1. The Morgan fingerprint density at radius 1 is 1.15 bits per heavy atom. The van der Waals surface area contributed by atoms with E-state index in [0.29, 0.717) is 0 Å². The molecule has 0 aliphatic carbocycles. The van der Waals surface area contributed by atoms with E-state index in [-0.39, 0.29) is 34.4 Å². The Labute approximate surface area is 161 Å². The van der Waals surface area contributed by atoms with Crippen molar-refractivity contribution >= 4 is 29.2 Å². The van der Waals surface area contributed by atoms with Crippen LogP contribution in [0.25, 0.3) is 0 Å². The summed E-state index contributed by atoms with van der Waals surface area (Å²) < 4.78 is 5.13. The van der Waals surface area contributed by atoms with Crippen molar-refractivity contribution in [2.75, 3.05) is 0 Å². The van der Waals surface area contributed by atoms with Crippen molar-refractivity contribution in [2.24, 2.45) is 0 Å². The number of carbonyl (C=O) groups is 2. The molecular formula is C19H19ClN2O5. The second-order valence-corrected chi connectivity index (χ2v) is 6.47. The third kappa shape index (κ3) is 5.52. The summed E-state index contributed by atoms with van der Waals surface area (Å²) in [6, 6.07) is 11.4. The Morgan fingerprint density at radius 3 is 2.41 bits per heavy atom. The zero-order valence-electron chi connectivity index (χ0n) is 14.8. The molecule has 2 aromatic rings. The highest BCUT2D eigenvalue weighted by Gasteiger charge is 2.27.